The van der Waals surface area contributed by atoms with Crippen LogP contribution in [0, 0.1) is 6.92 Å². The number of alkyl halides is 3. The number of anilines is 1. The van der Waals surface area contributed by atoms with Crippen LogP contribution in [0.5, 0.6) is 5.75 Å². The van der Waals surface area contributed by atoms with Crippen LogP contribution in [0.25, 0.3) is 10.9 Å². The molecule has 150 valence electrons. The van der Waals surface area contributed by atoms with Gasteiger partial charge in [0.2, 0.25) is 0 Å². The van der Waals surface area contributed by atoms with E-state index in [0.717, 1.165) is 22.2 Å². The minimum absolute atomic E-state index is 0. The smallest absolute Gasteiger partial charge is 0.404 e. The van der Waals surface area contributed by atoms with E-state index < -0.39 is 6.36 Å². The number of rotatable bonds is 5. The predicted octanol–water partition coefficient (Wildman–Crippen LogP) is 4.96. The fraction of sp³-hybridized carbons (Fsp3) is 0.211. The highest BCUT2D eigenvalue weighted by atomic mass is 127. The second-order valence-electron chi connectivity index (χ2n) is 5.96. The third-order valence-electron chi connectivity index (χ3n) is 4.05. The van der Waals surface area contributed by atoms with E-state index in [1.165, 1.54) is 18.2 Å². The second-order valence-corrected chi connectivity index (χ2v) is 5.96. The molecule has 0 aliphatic carbocycles. The molecule has 3 aromatic rings. The number of nitrogens with two attached hydrogens (primary N) is 1. The molecule has 3 rings (SSSR count). The minimum atomic E-state index is -4.78. The van der Waals surface area contributed by atoms with Gasteiger partial charge in [0, 0.05) is 23.1 Å². The maximum atomic E-state index is 12.5. The number of para-hydroxylation sites is 3. The first-order chi connectivity index (χ1) is 12.8. The second kappa shape index (κ2) is 9.18. The highest BCUT2D eigenvalue weighted by Crippen LogP contribution is 2.29. The summed E-state index contributed by atoms with van der Waals surface area (Å²) in [6, 6.07) is 13.6. The zero-order chi connectivity index (χ0) is 19.4. The highest BCUT2D eigenvalue weighted by Gasteiger charge is 2.32. The number of guanidine groups is 1. The van der Waals surface area contributed by atoms with Crippen LogP contribution in [0.1, 0.15) is 11.3 Å². The lowest BCUT2D eigenvalue weighted by molar-refractivity contribution is -0.274. The van der Waals surface area contributed by atoms with Crippen LogP contribution >= 0.6 is 24.0 Å². The Kier molecular flexibility index (Phi) is 7.17. The van der Waals surface area contributed by atoms with Gasteiger partial charge in [-0.1, -0.05) is 30.3 Å². The van der Waals surface area contributed by atoms with Crippen LogP contribution in [0.2, 0.25) is 0 Å². The number of benzene rings is 2. The van der Waals surface area contributed by atoms with Gasteiger partial charge in [0.25, 0.3) is 0 Å². The van der Waals surface area contributed by atoms with Crippen LogP contribution in [-0.2, 0) is 6.42 Å². The zero-order valence-corrected chi connectivity index (χ0v) is 17.3. The number of hydrogen-bond donors (Lipinski definition) is 3. The Hall–Kier alpha value is -2.43. The van der Waals surface area contributed by atoms with Crippen LogP contribution in [0.15, 0.2) is 53.5 Å². The minimum Gasteiger partial charge on any atom is -0.404 e. The summed E-state index contributed by atoms with van der Waals surface area (Å²) >= 11 is 0. The number of nitrogens with one attached hydrogen (secondary N) is 2. The van der Waals surface area contributed by atoms with Gasteiger partial charge in [0.15, 0.2) is 11.7 Å². The maximum absolute atomic E-state index is 12.5. The van der Waals surface area contributed by atoms with E-state index in [-0.39, 0.29) is 41.4 Å². The van der Waals surface area contributed by atoms with Crippen molar-refractivity contribution in [3.8, 4) is 5.75 Å². The molecular weight excluding hydrogens is 484 g/mol. The monoisotopic (exact) mass is 504 g/mol. The van der Waals surface area contributed by atoms with E-state index >= 15 is 0 Å². The van der Waals surface area contributed by atoms with Crippen LogP contribution < -0.4 is 15.8 Å². The Labute approximate surface area is 177 Å². The Balaban J connectivity index is 0.00000280. The molecule has 0 fully saturated rings. The Morgan fingerprint density at radius 1 is 1.14 bits per heavy atom. The van der Waals surface area contributed by atoms with Gasteiger partial charge < -0.3 is 20.8 Å². The van der Waals surface area contributed by atoms with Gasteiger partial charge in [-0.15, -0.1) is 37.1 Å². The van der Waals surface area contributed by atoms with Crippen LogP contribution in [0.3, 0.4) is 0 Å². The number of fused-ring (bicyclic) bond motifs is 1. The number of aromatic nitrogens is 1. The Morgan fingerprint density at radius 2 is 1.82 bits per heavy atom. The summed E-state index contributed by atoms with van der Waals surface area (Å²) in [5.74, 6) is -0.346. The molecule has 2 aromatic carbocycles. The van der Waals surface area contributed by atoms with Crippen molar-refractivity contribution in [3.63, 3.8) is 0 Å². The van der Waals surface area contributed by atoms with Crippen molar-refractivity contribution >= 4 is 46.5 Å². The summed E-state index contributed by atoms with van der Waals surface area (Å²) < 4.78 is 41.4. The Morgan fingerprint density at radius 3 is 2.57 bits per heavy atom. The molecular formula is C19H20F3IN4O. The lowest BCUT2D eigenvalue weighted by Crippen LogP contribution is -2.24. The van der Waals surface area contributed by atoms with E-state index in [0.29, 0.717) is 13.0 Å². The molecule has 0 saturated carbocycles. The van der Waals surface area contributed by atoms with Crippen molar-refractivity contribution in [3.05, 3.63) is 59.8 Å². The first kappa shape index (κ1) is 21.9. The molecule has 0 unspecified atom stereocenters. The normalized spacial score (nSPS) is 11.9. The van der Waals surface area contributed by atoms with E-state index in [2.05, 4.69) is 20.0 Å². The molecule has 0 spiro atoms. The molecule has 0 aliphatic heterocycles. The molecule has 4 N–H and O–H groups in total. The topological polar surface area (TPSA) is 75.4 Å². The van der Waals surface area contributed by atoms with Gasteiger partial charge in [0.1, 0.15) is 0 Å². The Bertz CT molecular complexity index is 969. The number of aromatic amines is 1. The summed E-state index contributed by atoms with van der Waals surface area (Å²) in [5.41, 5.74) is 9.17. The summed E-state index contributed by atoms with van der Waals surface area (Å²) in [4.78, 5) is 7.53. The largest absolute Gasteiger partial charge is 0.573 e. The molecule has 0 saturated heterocycles. The van der Waals surface area contributed by atoms with Crippen molar-refractivity contribution in [2.75, 3.05) is 11.9 Å². The van der Waals surface area contributed by atoms with E-state index in [1.54, 1.807) is 6.07 Å². The number of aryl methyl sites for hydroxylation is 1. The summed E-state index contributed by atoms with van der Waals surface area (Å²) in [7, 11) is 0. The third-order valence-corrected chi connectivity index (χ3v) is 4.05. The highest BCUT2D eigenvalue weighted by molar-refractivity contribution is 14.0. The first-order valence-corrected chi connectivity index (χ1v) is 8.31. The van der Waals surface area contributed by atoms with Crippen molar-refractivity contribution in [2.24, 2.45) is 10.7 Å². The number of H-pyrrole nitrogens is 1. The average Bonchev–Trinajstić information content (AvgIpc) is 2.91. The lowest BCUT2D eigenvalue weighted by atomic mass is 10.1. The SMILES string of the molecule is Cc1[nH]c2ccccc2c1CCN=C(N)Nc1ccccc1OC(F)(F)F.I. The van der Waals surface area contributed by atoms with Crippen LogP contribution in [-0.4, -0.2) is 23.9 Å². The molecule has 0 amide bonds. The molecule has 0 aliphatic rings. The predicted molar refractivity (Wildman–Crippen MR) is 115 cm³/mol. The molecule has 5 nitrogen and oxygen atoms in total. The van der Waals surface area contributed by atoms with Crippen LogP contribution in [0.4, 0.5) is 18.9 Å². The first-order valence-electron chi connectivity index (χ1n) is 8.31. The van der Waals surface area contributed by atoms with Crippen molar-refractivity contribution in [1.29, 1.82) is 0 Å². The summed E-state index contributed by atoms with van der Waals surface area (Å²) in [5, 5.41) is 3.79. The molecule has 0 radical (unpaired) electrons. The zero-order valence-electron chi connectivity index (χ0n) is 15.0. The summed E-state index contributed by atoms with van der Waals surface area (Å²) in [6.45, 7) is 2.38. The average molecular weight is 504 g/mol. The standard InChI is InChI=1S/C19H19F3N4O.HI/c1-12-13(14-6-2-3-7-15(14)25-12)10-11-24-18(23)26-16-8-4-5-9-17(16)27-19(20,21)22;/h2-9,25H,10-11H2,1H3,(H3,23,24,26);1H. The van der Waals surface area contributed by atoms with Gasteiger partial charge >= 0.3 is 6.36 Å². The lowest BCUT2D eigenvalue weighted by Gasteiger charge is -2.14. The van der Waals surface area contributed by atoms with Gasteiger partial charge in [-0.25, -0.2) is 0 Å². The number of nitrogens with zero attached hydrogens (tertiary/aromatic N) is 1. The van der Waals surface area contributed by atoms with E-state index in [9.17, 15) is 13.2 Å². The van der Waals surface area contributed by atoms with Gasteiger partial charge in [0.05, 0.1) is 5.69 Å². The number of aliphatic imine (C=N–C) groups is 1. The summed E-state index contributed by atoms with van der Waals surface area (Å²) in [6.07, 6.45) is -4.13. The fourth-order valence-electron chi connectivity index (χ4n) is 2.91. The third kappa shape index (κ3) is 5.54. The fourth-order valence-corrected chi connectivity index (χ4v) is 2.91. The number of halogens is 4. The van der Waals surface area contributed by atoms with Crippen molar-refractivity contribution in [2.45, 2.75) is 19.7 Å². The molecule has 1 aromatic heterocycles. The van der Waals surface area contributed by atoms with E-state index in [1.807, 2.05) is 31.2 Å². The van der Waals surface area contributed by atoms with Gasteiger partial charge in [-0.3, -0.25) is 4.99 Å². The van der Waals surface area contributed by atoms with Crippen molar-refractivity contribution < 1.29 is 17.9 Å². The molecule has 1 heterocycles. The number of ether oxygens (including phenoxy) is 1. The number of hydrogen-bond acceptors (Lipinski definition) is 2. The maximum Gasteiger partial charge on any atom is 0.573 e. The molecule has 9 heteroatoms. The quantitative estimate of drug-likeness (QED) is 0.261. The van der Waals surface area contributed by atoms with E-state index in [4.69, 9.17) is 5.73 Å². The molecule has 28 heavy (non-hydrogen) atoms. The molecule has 0 atom stereocenters. The van der Waals surface area contributed by atoms with Gasteiger partial charge in [-0.05, 0) is 37.1 Å². The van der Waals surface area contributed by atoms with Crippen molar-refractivity contribution in [1.82, 2.24) is 4.98 Å². The van der Waals surface area contributed by atoms with Gasteiger partial charge in [-0.2, -0.15) is 0 Å². The molecule has 0 bridgehead atoms.